The van der Waals surface area contributed by atoms with Crippen LogP contribution in [0.5, 0.6) is 11.5 Å². The van der Waals surface area contributed by atoms with Crippen LogP contribution in [-0.4, -0.2) is 38.2 Å². The van der Waals surface area contributed by atoms with Crippen molar-refractivity contribution in [1.82, 2.24) is 4.98 Å². The van der Waals surface area contributed by atoms with Gasteiger partial charge >= 0.3 is 0 Å². The lowest BCUT2D eigenvalue weighted by Crippen LogP contribution is -2.39. The SMILES string of the molecule is COc1ccc(NC(=O)c2sc3nc4c(cc3c2N)N2CCC4CC2)cc1OC. The van der Waals surface area contributed by atoms with Gasteiger partial charge in [-0.05, 0) is 31.0 Å². The molecule has 5 heterocycles. The van der Waals surface area contributed by atoms with Crippen LogP contribution in [0.15, 0.2) is 24.3 Å². The van der Waals surface area contributed by atoms with Crippen molar-refractivity contribution in [2.45, 2.75) is 18.8 Å². The number of benzene rings is 1. The number of nitrogens with one attached hydrogen (secondary N) is 1. The first kappa shape index (κ1) is 18.1. The first-order valence-corrected chi connectivity index (χ1v) is 10.4. The fourth-order valence-electron chi connectivity index (χ4n) is 4.26. The van der Waals surface area contributed by atoms with Crippen LogP contribution in [0.1, 0.15) is 34.1 Å². The Labute approximate surface area is 172 Å². The molecule has 0 atom stereocenters. The van der Waals surface area contributed by atoms with E-state index in [9.17, 15) is 4.79 Å². The Morgan fingerprint density at radius 2 is 1.97 bits per heavy atom. The van der Waals surface area contributed by atoms with Gasteiger partial charge in [-0.2, -0.15) is 0 Å². The van der Waals surface area contributed by atoms with E-state index in [1.165, 1.54) is 17.0 Å². The highest BCUT2D eigenvalue weighted by Crippen LogP contribution is 2.45. The van der Waals surface area contributed by atoms with Gasteiger partial charge in [0.15, 0.2) is 11.5 Å². The maximum atomic E-state index is 12.9. The van der Waals surface area contributed by atoms with Gasteiger partial charge in [-0.1, -0.05) is 0 Å². The molecule has 0 spiro atoms. The molecule has 0 unspecified atom stereocenters. The number of carbonyl (C=O) groups is 1. The molecule has 1 aromatic carbocycles. The summed E-state index contributed by atoms with van der Waals surface area (Å²) in [7, 11) is 3.13. The molecule has 1 saturated heterocycles. The third-order valence-corrected chi connectivity index (χ3v) is 6.91. The number of pyridine rings is 1. The number of rotatable bonds is 4. The summed E-state index contributed by atoms with van der Waals surface area (Å²) in [6, 6.07) is 7.36. The number of methoxy groups -OCH3 is 2. The van der Waals surface area contributed by atoms with Crippen molar-refractivity contribution >= 4 is 44.5 Å². The van der Waals surface area contributed by atoms with E-state index in [1.807, 2.05) is 0 Å². The minimum atomic E-state index is -0.251. The summed E-state index contributed by atoms with van der Waals surface area (Å²) in [6.07, 6.45) is 2.30. The smallest absolute Gasteiger partial charge is 0.267 e. The van der Waals surface area contributed by atoms with Crippen LogP contribution in [-0.2, 0) is 0 Å². The molecule has 150 valence electrons. The number of amides is 1. The Morgan fingerprint density at radius 1 is 1.21 bits per heavy atom. The zero-order valence-electron chi connectivity index (χ0n) is 16.3. The van der Waals surface area contributed by atoms with Crippen LogP contribution in [0.4, 0.5) is 17.1 Å². The molecule has 3 aliphatic heterocycles. The molecular weight excluding hydrogens is 388 g/mol. The minimum Gasteiger partial charge on any atom is -0.493 e. The normalized spacial score (nSPS) is 15.4. The largest absolute Gasteiger partial charge is 0.493 e. The van der Waals surface area contributed by atoms with Crippen LogP contribution in [0.3, 0.4) is 0 Å². The monoisotopic (exact) mass is 410 g/mol. The van der Waals surface area contributed by atoms with E-state index in [4.69, 9.17) is 20.2 Å². The van der Waals surface area contributed by atoms with Crippen molar-refractivity contribution in [3.05, 3.63) is 34.8 Å². The molecule has 7 nitrogen and oxygen atoms in total. The second-order valence-corrected chi connectivity index (χ2v) is 8.37. The first-order valence-electron chi connectivity index (χ1n) is 9.60. The van der Waals surface area contributed by atoms with Crippen molar-refractivity contribution in [2.24, 2.45) is 0 Å². The van der Waals surface area contributed by atoms with Crippen LogP contribution in [0, 0.1) is 0 Å². The summed E-state index contributed by atoms with van der Waals surface area (Å²) in [5.74, 6) is 1.42. The quantitative estimate of drug-likeness (QED) is 0.679. The van der Waals surface area contributed by atoms with Crippen molar-refractivity contribution in [3.8, 4) is 11.5 Å². The molecule has 2 bridgehead atoms. The van der Waals surface area contributed by atoms with Gasteiger partial charge in [0.05, 0.1) is 31.3 Å². The molecule has 3 aromatic rings. The lowest BCUT2D eigenvalue weighted by atomic mass is 9.86. The Balaban J connectivity index is 1.49. The Morgan fingerprint density at radius 3 is 2.69 bits per heavy atom. The van der Waals surface area contributed by atoms with E-state index < -0.39 is 0 Å². The van der Waals surface area contributed by atoms with Gasteiger partial charge in [0.1, 0.15) is 9.71 Å². The van der Waals surface area contributed by atoms with Crippen molar-refractivity contribution in [2.75, 3.05) is 43.3 Å². The van der Waals surface area contributed by atoms with E-state index >= 15 is 0 Å². The summed E-state index contributed by atoms with van der Waals surface area (Å²) in [4.78, 5) is 21.5. The van der Waals surface area contributed by atoms with Crippen LogP contribution < -0.4 is 25.4 Å². The van der Waals surface area contributed by atoms with Gasteiger partial charge in [-0.15, -0.1) is 11.3 Å². The van der Waals surface area contributed by atoms with E-state index in [0.29, 0.717) is 33.7 Å². The number of nitrogens with two attached hydrogens (primary N) is 1. The van der Waals surface area contributed by atoms with Crippen molar-refractivity contribution < 1.29 is 14.3 Å². The summed E-state index contributed by atoms with van der Waals surface area (Å²) in [5, 5.41) is 3.76. The number of nitrogens with zero attached hydrogens (tertiary/aromatic N) is 2. The lowest BCUT2D eigenvalue weighted by Gasteiger charge is -2.41. The molecule has 0 saturated carbocycles. The number of fused-ring (bicyclic) bond motifs is 3. The van der Waals surface area contributed by atoms with Gasteiger partial charge in [-0.3, -0.25) is 4.79 Å². The fourth-order valence-corrected chi connectivity index (χ4v) is 5.24. The van der Waals surface area contributed by atoms with Gasteiger partial charge in [0.2, 0.25) is 0 Å². The average Bonchev–Trinajstić information content (AvgIpc) is 3.09. The molecule has 0 radical (unpaired) electrons. The zero-order chi connectivity index (χ0) is 20.1. The van der Waals surface area contributed by atoms with Crippen LogP contribution in [0.2, 0.25) is 0 Å². The van der Waals surface area contributed by atoms with Crippen molar-refractivity contribution in [1.29, 1.82) is 0 Å². The maximum Gasteiger partial charge on any atom is 0.267 e. The molecule has 0 aliphatic carbocycles. The van der Waals surface area contributed by atoms with E-state index in [-0.39, 0.29) is 5.91 Å². The van der Waals surface area contributed by atoms with Crippen molar-refractivity contribution in [3.63, 3.8) is 0 Å². The molecule has 3 N–H and O–H groups in total. The lowest BCUT2D eigenvalue weighted by molar-refractivity contribution is 0.103. The number of aromatic nitrogens is 1. The summed E-state index contributed by atoms with van der Waals surface area (Å²) in [6.45, 7) is 2.14. The Bertz CT molecular complexity index is 1120. The van der Waals surface area contributed by atoms with Gasteiger partial charge < -0.3 is 25.4 Å². The average molecular weight is 410 g/mol. The topological polar surface area (TPSA) is 89.7 Å². The van der Waals surface area contributed by atoms with E-state index in [1.54, 1.807) is 32.4 Å². The number of piperidine rings is 1. The third kappa shape index (κ3) is 2.86. The first-order chi connectivity index (χ1) is 14.1. The second kappa shape index (κ2) is 6.81. The molecule has 6 rings (SSSR count). The van der Waals surface area contributed by atoms with Crippen LogP contribution in [0.25, 0.3) is 10.2 Å². The highest BCUT2D eigenvalue weighted by Gasteiger charge is 2.33. The number of thiophene rings is 1. The molecule has 1 fully saturated rings. The number of ether oxygens (including phenoxy) is 2. The highest BCUT2D eigenvalue weighted by atomic mass is 32.1. The summed E-state index contributed by atoms with van der Waals surface area (Å²) in [5.41, 5.74) is 9.80. The third-order valence-electron chi connectivity index (χ3n) is 5.80. The van der Waals surface area contributed by atoms with Gasteiger partial charge in [-0.25, -0.2) is 4.98 Å². The van der Waals surface area contributed by atoms with E-state index in [2.05, 4.69) is 16.3 Å². The summed E-state index contributed by atoms with van der Waals surface area (Å²) < 4.78 is 10.5. The molecular formula is C21H22N4O3S. The molecule has 3 aliphatic rings. The number of nitrogen functional groups attached to an aromatic ring is 1. The standard InChI is InChI=1S/C21H22N4O3S/c1-27-15-4-3-12(9-16(15)28-2)23-20(26)19-17(22)13-10-14-18(24-21(13)29-19)11-5-7-25(14)8-6-11/h3-4,9-11H,5-8,22H2,1-2H3,(H,23,26). The number of carbonyl (C=O) groups excluding carboxylic acids is 1. The number of hydrogen-bond acceptors (Lipinski definition) is 7. The minimum absolute atomic E-state index is 0.251. The highest BCUT2D eigenvalue weighted by molar-refractivity contribution is 7.21. The predicted molar refractivity (Wildman–Crippen MR) is 116 cm³/mol. The molecule has 2 aromatic heterocycles. The van der Waals surface area contributed by atoms with Gasteiger partial charge in [0.25, 0.3) is 5.91 Å². The van der Waals surface area contributed by atoms with Crippen LogP contribution >= 0.6 is 11.3 Å². The molecule has 8 heteroatoms. The zero-order valence-corrected chi connectivity index (χ0v) is 17.1. The Hall–Kier alpha value is -3.00. The fraction of sp³-hybridized carbons (Fsp3) is 0.333. The van der Waals surface area contributed by atoms with E-state index in [0.717, 1.165) is 41.8 Å². The molecule has 29 heavy (non-hydrogen) atoms. The molecule has 1 amide bonds. The maximum absolute atomic E-state index is 12.9. The Kier molecular flexibility index (Phi) is 4.24. The summed E-state index contributed by atoms with van der Waals surface area (Å²) >= 11 is 1.35. The number of hydrogen-bond donors (Lipinski definition) is 2. The number of anilines is 3. The second-order valence-electron chi connectivity index (χ2n) is 7.38. The van der Waals surface area contributed by atoms with Gasteiger partial charge in [0, 0.05) is 36.1 Å². The predicted octanol–water partition coefficient (Wildman–Crippen LogP) is 3.85.